The van der Waals surface area contributed by atoms with Gasteiger partial charge in [-0.3, -0.25) is 4.79 Å². The number of rotatable bonds is 38. The number of amides is 1. The Morgan fingerprint density at radius 2 is 1.02 bits per heavy atom. The van der Waals surface area contributed by atoms with Crippen LogP contribution in [0.1, 0.15) is 187 Å². The minimum atomic E-state index is -1.79. The molecule has 0 aliphatic carbocycles. The van der Waals surface area contributed by atoms with Crippen LogP contribution in [-0.2, 0) is 23.7 Å². The van der Waals surface area contributed by atoms with Crippen molar-refractivity contribution in [3.63, 3.8) is 0 Å². The lowest BCUT2D eigenvalue weighted by molar-refractivity contribution is -0.359. The van der Waals surface area contributed by atoms with E-state index in [1.54, 1.807) is 6.08 Å². The van der Waals surface area contributed by atoms with E-state index >= 15 is 0 Å². The fraction of sp³-hybridized carbons (Fsp3) is 0.898. The molecule has 0 radical (unpaired) electrons. The van der Waals surface area contributed by atoms with Crippen LogP contribution >= 0.6 is 0 Å². The van der Waals surface area contributed by atoms with Crippen molar-refractivity contribution in [2.45, 2.75) is 261 Å². The average Bonchev–Trinajstić information content (AvgIpc) is 3.28. The SMILES string of the molecule is CCC/C=C/CC/C=C/C(O)C(COC1OC(CO)C(OC2OC(CO)C(O)C(O)C2O)C(O)C1O)NC(=O)CCCCCCCCCCCCCCCCCCCCCCCC. The summed E-state index contributed by atoms with van der Waals surface area (Å²) in [7, 11) is 0. The summed E-state index contributed by atoms with van der Waals surface area (Å²) in [6, 6.07) is -0.923. The highest BCUT2D eigenvalue weighted by molar-refractivity contribution is 5.76. The molecule has 0 spiro atoms. The number of hydrogen-bond donors (Lipinski definition) is 9. The molecule has 2 aliphatic heterocycles. The highest BCUT2D eigenvalue weighted by atomic mass is 16.7. The van der Waals surface area contributed by atoms with E-state index in [2.05, 4.69) is 31.3 Å². The lowest BCUT2D eigenvalue weighted by Crippen LogP contribution is -2.65. The van der Waals surface area contributed by atoms with Crippen LogP contribution in [0.3, 0.4) is 0 Å². The molecule has 0 aromatic heterocycles. The zero-order chi connectivity index (χ0) is 46.1. The van der Waals surface area contributed by atoms with Crippen molar-refractivity contribution >= 4 is 5.91 Å². The van der Waals surface area contributed by atoms with Crippen molar-refractivity contribution in [3.8, 4) is 0 Å². The van der Waals surface area contributed by atoms with Crippen molar-refractivity contribution in [1.29, 1.82) is 0 Å². The molecule has 0 aromatic carbocycles. The lowest BCUT2D eigenvalue weighted by Gasteiger charge is -2.46. The standard InChI is InChI=1S/C49H91NO13/c1-3-5-7-9-11-12-13-14-15-16-17-18-19-20-21-22-23-24-25-27-29-31-33-41(54)50-37(38(53)32-30-28-26-10-8-6-4-2)36-60-48-46(59)44(57)47(40(35-52)62-48)63-49-45(58)43(56)42(55)39(34-51)61-49/h8,10,30,32,37-40,42-49,51-53,55-59H,3-7,9,11-29,31,33-36H2,1-2H3,(H,50,54)/b10-8+,32-30+. The number of aliphatic hydroxyl groups is 8. The van der Waals surface area contributed by atoms with Gasteiger partial charge < -0.3 is 65.1 Å². The number of unbranched alkanes of at least 4 members (excludes halogenated alkanes) is 23. The van der Waals surface area contributed by atoms with Gasteiger partial charge in [0.1, 0.15) is 48.8 Å². The fourth-order valence-corrected chi connectivity index (χ4v) is 8.26. The summed E-state index contributed by atoms with van der Waals surface area (Å²) in [5.74, 6) is -0.252. The summed E-state index contributed by atoms with van der Waals surface area (Å²) in [4.78, 5) is 13.1. The summed E-state index contributed by atoms with van der Waals surface area (Å²) in [6.45, 7) is 2.65. The maximum absolute atomic E-state index is 13.1. The Labute approximate surface area is 379 Å². The molecule has 0 saturated carbocycles. The Hall–Kier alpha value is -1.53. The Bertz CT molecular complexity index is 1160. The van der Waals surface area contributed by atoms with E-state index < -0.39 is 86.8 Å². The van der Waals surface area contributed by atoms with Gasteiger partial charge in [-0.05, 0) is 25.7 Å². The molecule has 2 rings (SSSR count). The van der Waals surface area contributed by atoms with Gasteiger partial charge >= 0.3 is 0 Å². The predicted molar refractivity (Wildman–Crippen MR) is 245 cm³/mol. The third-order valence-corrected chi connectivity index (χ3v) is 12.4. The maximum atomic E-state index is 13.1. The van der Waals surface area contributed by atoms with E-state index in [1.165, 1.54) is 116 Å². The highest BCUT2D eigenvalue weighted by Gasteiger charge is 2.51. The number of carbonyl (C=O) groups excluding carboxylic acids is 1. The Kier molecular flexibility index (Phi) is 33.4. The van der Waals surface area contributed by atoms with Gasteiger partial charge in [-0.1, -0.05) is 179 Å². The molecular formula is C49H91NO13. The first-order chi connectivity index (χ1) is 30.6. The van der Waals surface area contributed by atoms with Crippen LogP contribution in [0.2, 0.25) is 0 Å². The zero-order valence-electron chi connectivity index (χ0n) is 39.1. The van der Waals surface area contributed by atoms with Crippen molar-refractivity contribution in [2.75, 3.05) is 19.8 Å². The molecule has 9 N–H and O–H groups in total. The van der Waals surface area contributed by atoms with Gasteiger partial charge in [0.05, 0.1) is 32.0 Å². The number of carbonyl (C=O) groups is 1. The van der Waals surface area contributed by atoms with Crippen molar-refractivity contribution in [2.24, 2.45) is 0 Å². The summed E-state index contributed by atoms with van der Waals surface area (Å²) >= 11 is 0. The first-order valence-electron chi connectivity index (χ1n) is 25.1. The maximum Gasteiger partial charge on any atom is 0.220 e. The molecule has 0 bridgehead atoms. The van der Waals surface area contributed by atoms with Crippen LogP contribution in [0, 0.1) is 0 Å². The molecule has 2 fully saturated rings. The van der Waals surface area contributed by atoms with E-state index in [9.17, 15) is 45.6 Å². The summed E-state index contributed by atoms with van der Waals surface area (Å²) in [5, 5.41) is 86.3. The van der Waals surface area contributed by atoms with E-state index in [0.717, 1.165) is 38.5 Å². The van der Waals surface area contributed by atoms with Gasteiger partial charge in [-0.25, -0.2) is 0 Å². The minimum absolute atomic E-state index is 0.252. The van der Waals surface area contributed by atoms with Gasteiger partial charge in [0.15, 0.2) is 12.6 Å². The first kappa shape index (κ1) is 57.6. The normalized spacial score (nSPS) is 27.7. The molecule has 14 heteroatoms. The van der Waals surface area contributed by atoms with Crippen LogP contribution in [-0.4, -0.2) is 140 Å². The minimum Gasteiger partial charge on any atom is -0.394 e. The number of allylic oxidation sites excluding steroid dienone is 3. The molecule has 0 aromatic rings. The summed E-state index contributed by atoms with van der Waals surface area (Å²) in [6.07, 6.45) is 22.7. The van der Waals surface area contributed by atoms with Crippen molar-refractivity contribution < 1.29 is 64.6 Å². The van der Waals surface area contributed by atoms with Crippen LogP contribution in [0.5, 0.6) is 0 Å². The van der Waals surface area contributed by atoms with Gasteiger partial charge in [-0.2, -0.15) is 0 Å². The molecule has 14 nitrogen and oxygen atoms in total. The van der Waals surface area contributed by atoms with E-state index in [-0.39, 0.29) is 18.9 Å². The molecule has 2 saturated heterocycles. The summed E-state index contributed by atoms with van der Waals surface area (Å²) in [5.41, 5.74) is 0. The van der Waals surface area contributed by atoms with Crippen molar-refractivity contribution in [3.05, 3.63) is 24.3 Å². The Morgan fingerprint density at radius 3 is 1.52 bits per heavy atom. The molecular weight excluding hydrogens is 811 g/mol. The van der Waals surface area contributed by atoms with Gasteiger partial charge in [0, 0.05) is 6.42 Å². The van der Waals surface area contributed by atoms with Gasteiger partial charge in [0.25, 0.3) is 0 Å². The van der Waals surface area contributed by atoms with Crippen LogP contribution in [0.4, 0.5) is 0 Å². The largest absolute Gasteiger partial charge is 0.394 e. The summed E-state index contributed by atoms with van der Waals surface area (Å²) < 4.78 is 22.6. The lowest BCUT2D eigenvalue weighted by atomic mass is 9.97. The molecule has 12 atom stereocenters. The molecule has 2 aliphatic rings. The average molecular weight is 902 g/mol. The van der Waals surface area contributed by atoms with Crippen LogP contribution < -0.4 is 5.32 Å². The molecule has 370 valence electrons. The number of hydrogen-bond acceptors (Lipinski definition) is 13. The molecule has 63 heavy (non-hydrogen) atoms. The zero-order valence-corrected chi connectivity index (χ0v) is 39.1. The van der Waals surface area contributed by atoms with Crippen LogP contribution in [0.25, 0.3) is 0 Å². The smallest absolute Gasteiger partial charge is 0.220 e. The number of aliphatic hydroxyl groups excluding tert-OH is 8. The predicted octanol–water partition coefficient (Wildman–Crippen LogP) is 6.16. The number of nitrogens with one attached hydrogen (secondary N) is 1. The third kappa shape index (κ3) is 24.2. The third-order valence-electron chi connectivity index (χ3n) is 12.4. The van der Waals surface area contributed by atoms with Crippen LogP contribution in [0.15, 0.2) is 24.3 Å². The van der Waals surface area contributed by atoms with E-state index in [4.69, 9.17) is 18.9 Å². The second-order valence-corrected chi connectivity index (χ2v) is 17.9. The molecule has 2 heterocycles. The quantitative estimate of drug-likeness (QED) is 0.0250. The topological polar surface area (TPSA) is 228 Å². The Morgan fingerprint density at radius 1 is 0.556 bits per heavy atom. The van der Waals surface area contributed by atoms with Gasteiger partial charge in [0.2, 0.25) is 5.91 Å². The van der Waals surface area contributed by atoms with E-state index in [1.807, 2.05) is 6.08 Å². The molecule has 12 unspecified atom stereocenters. The monoisotopic (exact) mass is 902 g/mol. The Balaban J connectivity index is 1.73. The highest BCUT2D eigenvalue weighted by Crippen LogP contribution is 2.30. The first-order valence-corrected chi connectivity index (χ1v) is 25.1. The van der Waals surface area contributed by atoms with E-state index in [0.29, 0.717) is 12.8 Å². The number of ether oxygens (including phenoxy) is 4. The second kappa shape index (κ2) is 36.6. The van der Waals surface area contributed by atoms with Crippen molar-refractivity contribution in [1.82, 2.24) is 5.32 Å². The molecule has 1 amide bonds. The fourth-order valence-electron chi connectivity index (χ4n) is 8.26. The second-order valence-electron chi connectivity index (χ2n) is 17.9. The van der Waals surface area contributed by atoms with Gasteiger partial charge in [-0.15, -0.1) is 0 Å².